The van der Waals surface area contributed by atoms with E-state index in [1.165, 1.54) is 6.07 Å². The Bertz CT molecular complexity index is 1670. The molecule has 4 aromatic rings. The van der Waals surface area contributed by atoms with E-state index in [9.17, 15) is 18.0 Å². The molecular weight excluding hydrogens is 609 g/mol. The van der Waals surface area contributed by atoms with Crippen molar-refractivity contribution in [3.05, 3.63) is 89.5 Å². The van der Waals surface area contributed by atoms with Crippen LogP contribution in [0.3, 0.4) is 0 Å². The van der Waals surface area contributed by atoms with Gasteiger partial charge in [-0.25, -0.2) is 15.0 Å². The molecule has 0 saturated carbocycles. The smallest absolute Gasteiger partial charge is 0.416 e. The maximum atomic E-state index is 13.6. The number of nitrogens with one attached hydrogen (secondary N) is 1. The average molecular weight is 649 g/mol. The Morgan fingerprint density at radius 2 is 1.81 bits per heavy atom. The van der Waals surface area contributed by atoms with E-state index in [0.29, 0.717) is 54.9 Å². The van der Waals surface area contributed by atoms with Crippen molar-refractivity contribution in [2.24, 2.45) is 0 Å². The summed E-state index contributed by atoms with van der Waals surface area (Å²) in [7, 11) is 0. The summed E-state index contributed by atoms with van der Waals surface area (Å²) < 4.78 is 52.5. The van der Waals surface area contributed by atoms with Crippen LogP contribution in [0.1, 0.15) is 47.6 Å². The quantitative estimate of drug-likeness (QED) is 0.175. The number of pyridine rings is 1. The highest BCUT2D eigenvalue weighted by Gasteiger charge is 2.32. The number of carbonyl (C=O) groups is 1. The first kappa shape index (κ1) is 33.8. The first-order valence-electron chi connectivity index (χ1n) is 15.8. The molecule has 9 nitrogen and oxygen atoms in total. The van der Waals surface area contributed by atoms with E-state index in [-0.39, 0.29) is 11.3 Å². The normalized spacial score (nSPS) is 13.6. The highest BCUT2D eigenvalue weighted by molar-refractivity contribution is 6.06. The van der Waals surface area contributed by atoms with Gasteiger partial charge in [0.15, 0.2) is 0 Å². The van der Waals surface area contributed by atoms with Crippen molar-refractivity contribution in [3.8, 4) is 22.9 Å². The number of amides is 1. The van der Waals surface area contributed by atoms with Crippen LogP contribution in [0.4, 0.5) is 24.5 Å². The molecule has 12 heteroatoms. The minimum absolute atomic E-state index is 0.0680. The van der Waals surface area contributed by atoms with Crippen molar-refractivity contribution in [2.45, 2.75) is 39.8 Å². The molecule has 0 spiro atoms. The van der Waals surface area contributed by atoms with Crippen LogP contribution in [0.25, 0.3) is 11.3 Å². The maximum Gasteiger partial charge on any atom is 0.416 e. The number of hydrogen-bond acceptors (Lipinski definition) is 8. The molecule has 1 aliphatic rings. The van der Waals surface area contributed by atoms with E-state index in [4.69, 9.17) is 14.5 Å². The third kappa shape index (κ3) is 8.63. The molecule has 0 unspecified atom stereocenters. The van der Waals surface area contributed by atoms with Crippen molar-refractivity contribution in [1.29, 1.82) is 0 Å². The van der Waals surface area contributed by atoms with Crippen molar-refractivity contribution < 1.29 is 27.4 Å². The van der Waals surface area contributed by atoms with Crippen molar-refractivity contribution >= 4 is 17.3 Å². The number of nitrogens with zero attached hydrogens (tertiary/aromatic N) is 5. The van der Waals surface area contributed by atoms with Crippen molar-refractivity contribution in [3.63, 3.8) is 0 Å². The molecule has 1 N–H and O–H groups in total. The Kier molecular flexibility index (Phi) is 11.0. The Hall–Kier alpha value is -4.55. The van der Waals surface area contributed by atoms with Gasteiger partial charge in [-0.05, 0) is 87.1 Å². The van der Waals surface area contributed by atoms with Crippen LogP contribution < -0.4 is 15.0 Å². The number of aryl methyl sites for hydroxylation is 2. The van der Waals surface area contributed by atoms with Crippen LogP contribution in [0.5, 0.6) is 11.6 Å². The molecule has 1 aliphatic heterocycles. The third-order valence-electron chi connectivity index (χ3n) is 8.10. The summed E-state index contributed by atoms with van der Waals surface area (Å²) in [5.41, 5.74) is 1.99. The second-order valence-corrected chi connectivity index (χ2v) is 11.2. The van der Waals surface area contributed by atoms with Crippen LogP contribution in [0, 0.1) is 6.92 Å². The van der Waals surface area contributed by atoms with Crippen LogP contribution >= 0.6 is 0 Å². The summed E-state index contributed by atoms with van der Waals surface area (Å²) in [4.78, 5) is 31.4. The summed E-state index contributed by atoms with van der Waals surface area (Å²) >= 11 is 0. The molecule has 1 amide bonds. The second-order valence-electron chi connectivity index (χ2n) is 11.2. The Morgan fingerprint density at radius 1 is 1.02 bits per heavy atom. The lowest BCUT2D eigenvalue weighted by Gasteiger charge is -2.31. The Morgan fingerprint density at radius 3 is 2.55 bits per heavy atom. The number of morpholine rings is 1. The van der Waals surface area contributed by atoms with E-state index in [0.717, 1.165) is 56.0 Å². The molecule has 1 saturated heterocycles. The highest BCUT2D eigenvalue weighted by Crippen LogP contribution is 2.37. The number of hydrogen-bond donors (Lipinski definition) is 1. The molecule has 2 aromatic carbocycles. The molecule has 0 radical (unpaired) electrons. The third-order valence-corrected chi connectivity index (χ3v) is 8.10. The molecule has 1 fully saturated rings. The summed E-state index contributed by atoms with van der Waals surface area (Å²) in [5, 5.41) is 2.71. The predicted octanol–water partition coefficient (Wildman–Crippen LogP) is 7.02. The molecule has 47 heavy (non-hydrogen) atoms. The van der Waals surface area contributed by atoms with Gasteiger partial charge in [-0.15, -0.1) is 0 Å². The standard InChI is InChI=1S/C35H39F3N6O3/c1-4-43(5-2)17-7-9-32-39-16-14-28(41-32)27-8-6-15-40-34(27)47-31-22-25(11-10-24(31)3)33(45)42-29-23-26(35(36,37)38)12-13-30(29)44-18-20-46-21-19-44/h6,8,10-16,22-23H,4-5,7,9,17-21H2,1-3H3,(H,42,45). The van der Waals surface area contributed by atoms with Crippen molar-refractivity contribution in [2.75, 3.05) is 56.2 Å². The molecule has 0 aliphatic carbocycles. The maximum absolute atomic E-state index is 13.6. The highest BCUT2D eigenvalue weighted by atomic mass is 19.4. The van der Waals surface area contributed by atoms with Gasteiger partial charge >= 0.3 is 6.18 Å². The molecule has 2 aromatic heterocycles. The minimum Gasteiger partial charge on any atom is -0.438 e. The molecule has 248 valence electrons. The van der Waals surface area contributed by atoms with E-state index in [1.54, 1.807) is 42.7 Å². The van der Waals surface area contributed by atoms with Gasteiger partial charge in [0.05, 0.1) is 41.4 Å². The first-order chi connectivity index (χ1) is 22.7. The van der Waals surface area contributed by atoms with Crippen LogP contribution in [-0.2, 0) is 17.3 Å². The largest absolute Gasteiger partial charge is 0.438 e. The fourth-order valence-corrected chi connectivity index (χ4v) is 5.38. The number of benzene rings is 2. The van der Waals surface area contributed by atoms with Gasteiger partial charge in [0.1, 0.15) is 11.6 Å². The molecule has 5 rings (SSSR count). The number of halogens is 3. The fourth-order valence-electron chi connectivity index (χ4n) is 5.38. The van der Waals surface area contributed by atoms with Gasteiger partial charge in [0.25, 0.3) is 5.91 Å². The fraction of sp³-hybridized carbons (Fsp3) is 0.371. The lowest BCUT2D eigenvalue weighted by Crippen LogP contribution is -2.36. The van der Waals surface area contributed by atoms with Gasteiger partial charge < -0.3 is 24.6 Å². The van der Waals surface area contributed by atoms with Gasteiger partial charge in [-0.3, -0.25) is 4.79 Å². The predicted molar refractivity (Wildman–Crippen MR) is 175 cm³/mol. The minimum atomic E-state index is -4.57. The van der Waals surface area contributed by atoms with Crippen molar-refractivity contribution in [1.82, 2.24) is 19.9 Å². The van der Waals surface area contributed by atoms with Gasteiger partial charge in [-0.1, -0.05) is 19.9 Å². The lowest BCUT2D eigenvalue weighted by atomic mass is 10.1. The van der Waals surface area contributed by atoms with E-state index < -0.39 is 17.6 Å². The average Bonchev–Trinajstić information content (AvgIpc) is 3.08. The number of carbonyl (C=O) groups excluding carboxylic acids is 1. The van der Waals surface area contributed by atoms with Gasteiger partial charge in [0, 0.05) is 37.5 Å². The van der Waals surface area contributed by atoms with Crippen LogP contribution in [0.2, 0.25) is 0 Å². The zero-order chi connectivity index (χ0) is 33.4. The number of alkyl halides is 3. The van der Waals surface area contributed by atoms with Gasteiger partial charge in [0.2, 0.25) is 5.88 Å². The molecular formula is C35H39F3N6O3. The van der Waals surface area contributed by atoms with E-state index >= 15 is 0 Å². The summed E-state index contributed by atoms with van der Waals surface area (Å²) in [6.07, 6.45) is 0.433. The number of rotatable bonds is 12. The van der Waals surface area contributed by atoms with E-state index in [2.05, 4.69) is 34.0 Å². The zero-order valence-electron chi connectivity index (χ0n) is 26.8. The number of ether oxygens (including phenoxy) is 2. The molecule has 0 bridgehead atoms. The SMILES string of the molecule is CCN(CC)CCCc1nccc(-c2cccnc2Oc2cc(C(=O)Nc3cc(C(F)(F)F)ccc3N3CCOCC3)ccc2C)n1. The number of aromatic nitrogens is 3. The topological polar surface area (TPSA) is 92.7 Å². The van der Waals surface area contributed by atoms with Crippen LogP contribution in [-0.4, -0.2) is 71.7 Å². The number of anilines is 2. The molecule has 0 atom stereocenters. The zero-order valence-corrected chi connectivity index (χ0v) is 26.8. The monoisotopic (exact) mass is 648 g/mol. The summed E-state index contributed by atoms with van der Waals surface area (Å²) in [5.74, 6) is 0.831. The summed E-state index contributed by atoms with van der Waals surface area (Å²) in [6.45, 7) is 11.0. The summed E-state index contributed by atoms with van der Waals surface area (Å²) in [6, 6.07) is 13.7. The molecule has 3 heterocycles. The Balaban J connectivity index is 1.37. The first-order valence-corrected chi connectivity index (χ1v) is 15.8. The van der Waals surface area contributed by atoms with E-state index in [1.807, 2.05) is 17.9 Å². The van der Waals surface area contributed by atoms with Gasteiger partial charge in [-0.2, -0.15) is 13.2 Å². The second kappa shape index (κ2) is 15.4. The Labute approximate surface area is 272 Å². The lowest BCUT2D eigenvalue weighted by molar-refractivity contribution is -0.137. The van der Waals surface area contributed by atoms with Crippen LogP contribution in [0.15, 0.2) is 67.0 Å².